The lowest BCUT2D eigenvalue weighted by atomic mass is 10.1. The second-order valence-electron chi connectivity index (χ2n) is 4.49. The van der Waals surface area contributed by atoms with Crippen LogP contribution >= 0.6 is 0 Å². The molecule has 0 amide bonds. The molecule has 100 valence electrons. The van der Waals surface area contributed by atoms with E-state index in [2.05, 4.69) is 13.0 Å². The molecule has 0 heterocycles. The van der Waals surface area contributed by atoms with Gasteiger partial charge in [-0.15, -0.1) is 0 Å². The van der Waals surface area contributed by atoms with Crippen molar-refractivity contribution in [1.82, 2.24) is 0 Å². The number of nitrogens with two attached hydrogens (primary N) is 1. The zero-order valence-electron chi connectivity index (χ0n) is 11.2. The molecule has 0 aliphatic carbocycles. The van der Waals surface area contributed by atoms with Crippen LogP contribution in [0.1, 0.15) is 44.6 Å². The van der Waals surface area contributed by atoms with Crippen LogP contribution < -0.4 is 10.5 Å². The third kappa shape index (κ3) is 5.82. The van der Waals surface area contributed by atoms with Crippen molar-refractivity contribution in [2.45, 2.75) is 45.4 Å². The summed E-state index contributed by atoms with van der Waals surface area (Å²) in [6, 6.07) is 7.70. The molecule has 0 aromatic heterocycles. The number of benzene rings is 1. The molecule has 0 saturated heterocycles. The van der Waals surface area contributed by atoms with Gasteiger partial charge in [0.2, 0.25) is 0 Å². The second-order valence-corrected chi connectivity index (χ2v) is 4.49. The summed E-state index contributed by atoms with van der Waals surface area (Å²) in [7, 11) is 0. The minimum Gasteiger partial charge on any atom is -0.426 e. The minimum absolute atomic E-state index is 0.0821. The summed E-state index contributed by atoms with van der Waals surface area (Å²) in [6.45, 7) is 2.14. The van der Waals surface area contributed by atoms with Crippen LogP contribution in [0.2, 0.25) is 0 Å². The summed E-state index contributed by atoms with van der Waals surface area (Å²) >= 11 is 0. The number of hydrogen-bond donors (Lipinski definition) is 1. The van der Waals surface area contributed by atoms with Gasteiger partial charge < -0.3 is 10.5 Å². The summed E-state index contributed by atoms with van der Waals surface area (Å²) in [4.78, 5) is 11.1. The third-order valence-corrected chi connectivity index (χ3v) is 2.87. The first-order valence-corrected chi connectivity index (χ1v) is 6.76. The average molecular weight is 249 g/mol. The van der Waals surface area contributed by atoms with Crippen LogP contribution in [0, 0.1) is 0 Å². The highest BCUT2D eigenvalue weighted by molar-refractivity contribution is 5.74. The highest BCUT2D eigenvalue weighted by atomic mass is 16.5. The van der Waals surface area contributed by atoms with E-state index in [4.69, 9.17) is 10.5 Å². The van der Waals surface area contributed by atoms with Crippen molar-refractivity contribution in [3.63, 3.8) is 0 Å². The van der Waals surface area contributed by atoms with Crippen molar-refractivity contribution >= 4 is 5.97 Å². The largest absolute Gasteiger partial charge is 0.426 e. The van der Waals surface area contributed by atoms with Gasteiger partial charge in [-0.2, -0.15) is 0 Å². The summed E-state index contributed by atoms with van der Waals surface area (Å²) in [6.07, 6.45) is 7.38. The zero-order chi connectivity index (χ0) is 13.2. The second kappa shape index (κ2) is 8.70. The van der Waals surface area contributed by atoms with Crippen molar-refractivity contribution in [2.24, 2.45) is 5.73 Å². The molecule has 3 heteroatoms. The van der Waals surface area contributed by atoms with Gasteiger partial charge in [0.25, 0.3) is 0 Å². The molecule has 1 rings (SSSR count). The van der Waals surface area contributed by atoms with Crippen LogP contribution in [0.3, 0.4) is 0 Å². The topological polar surface area (TPSA) is 52.3 Å². The molecule has 2 N–H and O–H groups in total. The molecule has 0 aliphatic heterocycles. The normalized spacial score (nSPS) is 10.3. The molecule has 1 aromatic carbocycles. The summed E-state index contributed by atoms with van der Waals surface area (Å²) < 4.78 is 5.09. The fourth-order valence-corrected chi connectivity index (χ4v) is 1.87. The van der Waals surface area contributed by atoms with Crippen molar-refractivity contribution < 1.29 is 9.53 Å². The van der Waals surface area contributed by atoms with Gasteiger partial charge >= 0.3 is 5.97 Å². The van der Waals surface area contributed by atoms with Gasteiger partial charge in [-0.1, -0.05) is 44.7 Å². The first kappa shape index (κ1) is 14.7. The standard InChI is InChI=1S/C15H23NO2/c1-2-3-4-5-6-8-13-9-7-10-14(11-13)18-15(17)12-16/h7,9-11H,2-6,8,12,16H2,1H3. The Kier molecular flexibility index (Phi) is 7.11. The fourth-order valence-electron chi connectivity index (χ4n) is 1.87. The Balaban J connectivity index is 2.37. The van der Waals surface area contributed by atoms with E-state index >= 15 is 0 Å². The molecule has 18 heavy (non-hydrogen) atoms. The minimum atomic E-state index is -0.393. The molecule has 0 bridgehead atoms. The van der Waals surface area contributed by atoms with Gasteiger partial charge in [0.1, 0.15) is 5.75 Å². The smallest absolute Gasteiger partial charge is 0.325 e. The van der Waals surface area contributed by atoms with E-state index in [0.717, 1.165) is 6.42 Å². The maximum atomic E-state index is 11.1. The molecule has 0 fully saturated rings. The molecular formula is C15H23NO2. The molecule has 0 radical (unpaired) electrons. The van der Waals surface area contributed by atoms with E-state index in [-0.39, 0.29) is 6.54 Å². The van der Waals surface area contributed by atoms with E-state index in [1.165, 1.54) is 37.7 Å². The quantitative estimate of drug-likeness (QED) is 0.437. The number of carbonyl (C=O) groups excluding carboxylic acids is 1. The van der Waals surface area contributed by atoms with Crippen molar-refractivity contribution in [3.8, 4) is 5.75 Å². The maximum absolute atomic E-state index is 11.1. The zero-order valence-corrected chi connectivity index (χ0v) is 11.2. The molecular weight excluding hydrogens is 226 g/mol. The van der Waals surface area contributed by atoms with Crippen LogP contribution in [-0.2, 0) is 11.2 Å². The van der Waals surface area contributed by atoms with Gasteiger partial charge in [0.15, 0.2) is 0 Å². The SMILES string of the molecule is CCCCCCCc1cccc(OC(=O)CN)c1. The predicted molar refractivity (Wildman–Crippen MR) is 73.6 cm³/mol. The third-order valence-electron chi connectivity index (χ3n) is 2.87. The monoisotopic (exact) mass is 249 g/mol. The van der Waals surface area contributed by atoms with Crippen LogP contribution in [0.25, 0.3) is 0 Å². The van der Waals surface area contributed by atoms with E-state index in [1.54, 1.807) is 6.07 Å². The first-order valence-electron chi connectivity index (χ1n) is 6.76. The summed E-state index contributed by atoms with van der Waals surface area (Å²) in [5.74, 6) is 0.201. The molecule has 0 atom stereocenters. The number of ether oxygens (including phenoxy) is 1. The van der Waals surface area contributed by atoms with Crippen molar-refractivity contribution in [2.75, 3.05) is 6.54 Å². The Morgan fingerprint density at radius 2 is 2.00 bits per heavy atom. The van der Waals surface area contributed by atoms with Gasteiger partial charge in [0.05, 0.1) is 6.54 Å². The molecule has 0 aliphatic rings. The lowest BCUT2D eigenvalue weighted by Crippen LogP contribution is -2.19. The lowest BCUT2D eigenvalue weighted by molar-refractivity contribution is -0.132. The summed E-state index contributed by atoms with van der Waals surface area (Å²) in [5, 5.41) is 0. The molecule has 0 unspecified atom stereocenters. The van der Waals surface area contributed by atoms with Gasteiger partial charge in [-0.25, -0.2) is 0 Å². The number of aryl methyl sites for hydroxylation is 1. The highest BCUT2D eigenvalue weighted by Gasteiger charge is 2.02. The number of esters is 1. The maximum Gasteiger partial charge on any atom is 0.325 e. The average Bonchev–Trinajstić information content (AvgIpc) is 2.39. The van der Waals surface area contributed by atoms with Crippen LogP contribution in [0.15, 0.2) is 24.3 Å². The Bertz CT molecular complexity index is 363. The van der Waals surface area contributed by atoms with Gasteiger partial charge in [-0.05, 0) is 30.5 Å². The van der Waals surface area contributed by atoms with Crippen molar-refractivity contribution in [1.29, 1.82) is 0 Å². The number of unbranched alkanes of at least 4 members (excludes halogenated alkanes) is 4. The van der Waals surface area contributed by atoms with Gasteiger partial charge in [0, 0.05) is 0 Å². The predicted octanol–water partition coefficient (Wildman–Crippen LogP) is 3.06. The molecule has 3 nitrogen and oxygen atoms in total. The Hall–Kier alpha value is -1.35. The Morgan fingerprint density at radius 3 is 2.72 bits per heavy atom. The molecule has 0 saturated carbocycles. The lowest BCUT2D eigenvalue weighted by Gasteiger charge is -2.05. The molecule has 0 spiro atoms. The Morgan fingerprint density at radius 1 is 1.22 bits per heavy atom. The number of rotatable bonds is 8. The van der Waals surface area contributed by atoms with E-state index < -0.39 is 5.97 Å². The first-order chi connectivity index (χ1) is 8.76. The van der Waals surface area contributed by atoms with Crippen LogP contribution in [-0.4, -0.2) is 12.5 Å². The van der Waals surface area contributed by atoms with E-state index in [9.17, 15) is 4.79 Å². The summed E-state index contributed by atoms with van der Waals surface area (Å²) in [5.41, 5.74) is 6.43. The van der Waals surface area contributed by atoms with E-state index in [0.29, 0.717) is 5.75 Å². The van der Waals surface area contributed by atoms with Gasteiger partial charge in [-0.3, -0.25) is 4.79 Å². The van der Waals surface area contributed by atoms with Crippen LogP contribution in [0.4, 0.5) is 0 Å². The molecule has 1 aromatic rings. The number of carbonyl (C=O) groups is 1. The Labute approximate surface area is 109 Å². The number of hydrogen-bond acceptors (Lipinski definition) is 3. The highest BCUT2D eigenvalue weighted by Crippen LogP contribution is 2.16. The van der Waals surface area contributed by atoms with Crippen molar-refractivity contribution in [3.05, 3.63) is 29.8 Å². The van der Waals surface area contributed by atoms with E-state index in [1.807, 2.05) is 12.1 Å². The van der Waals surface area contributed by atoms with Crippen LogP contribution in [0.5, 0.6) is 5.75 Å². The fraction of sp³-hybridized carbons (Fsp3) is 0.533.